The summed E-state index contributed by atoms with van der Waals surface area (Å²) >= 11 is 0. The highest BCUT2D eigenvalue weighted by atomic mass is 32.2. The van der Waals surface area contributed by atoms with Crippen molar-refractivity contribution in [3.8, 4) is 0 Å². The van der Waals surface area contributed by atoms with Crippen LogP contribution in [0.5, 0.6) is 0 Å². The third kappa shape index (κ3) is 6.73. The van der Waals surface area contributed by atoms with Gasteiger partial charge in [0, 0.05) is 16.9 Å². The van der Waals surface area contributed by atoms with Crippen LogP contribution >= 0.6 is 0 Å². The summed E-state index contributed by atoms with van der Waals surface area (Å²) in [7, 11) is -3.72. The topological polar surface area (TPSA) is 95.6 Å². The number of anilines is 3. The minimum atomic E-state index is -3.72. The fourth-order valence-corrected chi connectivity index (χ4v) is 5.07. The Balaban J connectivity index is 1.76. The zero-order valence-corrected chi connectivity index (χ0v) is 22.1. The molecule has 36 heavy (non-hydrogen) atoms. The van der Waals surface area contributed by atoms with Crippen LogP contribution in [-0.4, -0.2) is 32.5 Å². The van der Waals surface area contributed by atoms with E-state index in [0.717, 1.165) is 16.1 Å². The van der Waals surface area contributed by atoms with Crippen LogP contribution in [0.2, 0.25) is 0 Å². The lowest BCUT2D eigenvalue weighted by Gasteiger charge is -2.30. The Hall–Kier alpha value is -3.65. The fourth-order valence-electron chi connectivity index (χ4n) is 3.86. The highest BCUT2D eigenvalue weighted by Gasteiger charge is 2.31. The van der Waals surface area contributed by atoms with Crippen LogP contribution in [0, 0.1) is 0 Å². The van der Waals surface area contributed by atoms with Gasteiger partial charge in [-0.15, -0.1) is 0 Å². The van der Waals surface area contributed by atoms with Crippen molar-refractivity contribution < 1.29 is 18.0 Å². The number of nitrogens with zero attached hydrogens (tertiary/aromatic N) is 1. The van der Waals surface area contributed by atoms with Crippen LogP contribution in [0.3, 0.4) is 0 Å². The Morgan fingerprint density at radius 1 is 0.861 bits per heavy atom. The molecule has 2 amide bonds. The molecule has 0 bridgehead atoms. The molecule has 3 aromatic rings. The number of rotatable bonds is 8. The van der Waals surface area contributed by atoms with E-state index in [9.17, 15) is 18.0 Å². The molecule has 1 atom stereocenters. The Morgan fingerprint density at radius 3 is 1.97 bits per heavy atom. The number of benzene rings is 3. The average molecular weight is 508 g/mol. The molecule has 0 spiro atoms. The van der Waals surface area contributed by atoms with Crippen molar-refractivity contribution in [1.29, 1.82) is 0 Å². The number of hydrogen-bond acceptors (Lipinski definition) is 4. The summed E-state index contributed by atoms with van der Waals surface area (Å²) in [4.78, 5) is 25.9. The van der Waals surface area contributed by atoms with Gasteiger partial charge in [-0.25, -0.2) is 8.42 Å². The number of para-hydroxylation sites is 1. The zero-order valence-electron chi connectivity index (χ0n) is 21.3. The molecule has 190 valence electrons. The lowest BCUT2D eigenvalue weighted by molar-refractivity contribution is -0.117. The number of carbonyl (C=O) groups excluding carboxylic acids is 2. The molecule has 2 N–H and O–H groups in total. The van der Waals surface area contributed by atoms with Gasteiger partial charge in [0.15, 0.2) is 0 Å². The zero-order chi connectivity index (χ0) is 26.5. The first kappa shape index (κ1) is 26.9. The molecule has 0 heterocycles. The molecule has 0 aliphatic heterocycles. The van der Waals surface area contributed by atoms with Crippen LogP contribution < -0.4 is 14.9 Å². The van der Waals surface area contributed by atoms with Crippen molar-refractivity contribution in [2.24, 2.45) is 0 Å². The van der Waals surface area contributed by atoms with Gasteiger partial charge in [0.1, 0.15) is 6.04 Å². The van der Waals surface area contributed by atoms with Crippen LogP contribution in [0.4, 0.5) is 17.1 Å². The minimum Gasteiger partial charge on any atom is -0.324 e. The Labute approximate surface area is 213 Å². The van der Waals surface area contributed by atoms with E-state index >= 15 is 0 Å². The van der Waals surface area contributed by atoms with Gasteiger partial charge in [0.2, 0.25) is 15.9 Å². The van der Waals surface area contributed by atoms with Crippen LogP contribution in [0.15, 0.2) is 78.9 Å². The molecule has 7 nitrogen and oxygen atoms in total. The Bertz CT molecular complexity index is 1310. The van der Waals surface area contributed by atoms with Gasteiger partial charge >= 0.3 is 0 Å². The van der Waals surface area contributed by atoms with E-state index in [1.165, 1.54) is 0 Å². The van der Waals surface area contributed by atoms with E-state index < -0.39 is 22.0 Å². The molecule has 3 aromatic carbocycles. The predicted molar refractivity (Wildman–Crippen MR) is 146 cm³/mol. The molecule has 0 fully saturated rings. The first-order valence-corrected chi connectivity index (χ1v) is 13.6. The number of amides is 2. The van der Waals surface area contributed by atoms with Crippen LogP contribution in [0.25, 0.3) is 0 Å². The van der Waals surface area contributed by atoms with Gasteiger partial charge in [-0.05, 0) is 59.9 Å². The molecule has 8 heteroatoms. The predicted octanol–water partition coefficient (Wildman–Crippen LogP) is 5.42. The van der Waals surface area contributed by atoms with Crippen molar-refractivity contribution in [2.75, 3.05) is 21.2 Å². The van der Waals surface area contributed by atoms with E-state index in [2.05, 4.69) is 31.4 Å². The van der Waals surface area contributed by atoms with E-state index in [1.807, 2.05) is 12.1 Å². The Kier molecular flexibility index (Phi) is 8.20. The van der Waals surface area contributed by atoms with Gasteiger partial charge in [-0.1, -0.05) is 64.1 Å². The first-order chi connectivity index (χ1) is 16.9. The fraction of sp³-hybridized carbons (Fsp3) is 0.286. The quantitative estimate of drug-likeness (QED) is 0.426. The van der Waals surface area contributed by atoms with Gasteiger partial charge in [-0.3, -0.25) is 13.9 Å². The molecule has 0 saturated carbocycles. The molecular formula is C28H33N3O4S. The van der Waals surface area contributed by atoms with E-state index in [1.54, 1.807) is 73.7 Å². The SMILES string of the molecule is CC[C@H](C(=O)Nc1cccc(NC(=O)c2ccc(C(C)(C)C)cc2)c1)N(c1ccccc1)S(C)(=O)=O. The average Bonchev–Trinajstić information content (AvgIpc) is 2.81. The number of hydrogen-bond donors (Lipinski definition) is 2. The molecule has 0 unspecified atom stereocenters. The maximum absolute atomic E-state index is 13.2. The standard InChI is InChI=1S/C28H33N3O4S/c1-6-25(31(36(5,34)35)24-13-8-7-9-14-24)27(33)30-23-12-10-11-22(19-23)29-26(32)20-15-17-21(18-16-20)28(2,3)4/h7-19,25H,6H2,1-5H3,(H,29,32)(H,30,33)/t25-/m1/s1. The monoisotopic (exact) mass is 507 g/mol. The second kappa shape index (κ2) is 11.0. The highest BCUT2D eigenvalue weighted by molar-refractivity contribution is 7.92. The summed E-state index contributed by atoms with van der Waals surface area (Å²) in [5.74, 6) is -0.731. The molecular weight excluding hydrogens is 474 g/mol. The minimum absolute atomic E-state index is 0.00884. The lowest BCUT2D eigenvalue weighted by atomic mass is 9.87. The Morgan fingerprint density at radius 2 is 1.44 bits per heavy atom. The van der Waals surface area contributed by atoms with Crippen molar-refractivity contribution in [3.63, 3.8) is 0 Å². The molecule has 0 saturated heterocycles. The van der Waals surface area contributed by atoms with Crippen molar-refractivity contribution in [2.45, 2.75) is 45.6 Å². The summed E-state index contributed by atoms with van der Waals surface area (Å²) < 4.78 is 26.3. The normalized spacial score (nSPS) is 12.5. The maximum Gasteiger partial charge on any atom is 0.255 e. The summed E-state index contributed by atoms with van der Waals surface area (Å²) in [6.45, 7) is 8.09. The third-order valence-electron chi connectivity index (χ3n) is 5.74. The summed E-state index contributed by atoms with van der Waals surface area (Å²) in [6, 6.07) is 21.8. The van der Waals surface area contributed by atoms with Crippen LogP contribution in [-0.2, 0) is 20.2 Å². The van der Waals surface area contributed by atoms with E-state index in [-0.39, 0.29) is 17.7 Å². The van der Waals surface area contributed by atoms with Gasteiger partial charge in [-0.2, -0.15) is 0 Å². The van der Waals surface area contributed by atoms with Crippen molar-refractivity contribution >= 4 is 38.9 Å². The first-order valence-electron chi connectivity index (χ1n) is 11.8. The molecule has 0 aliphatic carbocycles. The number of sulfonamides is 1. The maximum atomic E-state index is 13.2. The van der Waals surface area contributed by atoms with Gasteiger partial charge < -0.3 is 10.6 Å². The van der Waals surface area contributed by atoms with Crippen molar-refractivity contribution in [1.82, 2.24) is 0 Å². The largest absolute Gasteiger partial charge is 0.324 e. The van der Waals surface area contributed by atoms with Gasteiger partial charge in [0.25, 0.3) is 5.91 Å². The molecule has 0 aliphatic rings. The molecule has 0 aromatic heterocycles. The lowest BCUT2D eigenvalue weighted by Crippen LogP contribution is -2.46. The van der Waals surface area contributed by atoms with Gasteiger partial charge in [0.05, 0.1) is 11.9 Å². The summed E-state index contributed by atoms with van der Waals surface area (Å²) in [5, 5.41) is 5.65. The highest BCUT2D eigenvalue weighted by Crippen LogP contribution is 2.25. The third-order valence-corrected chi connectivity index (χ3v) is 6.92. The molecule has 3 rings (SSSR count). The second-order valence-electron chi connectivity index (χ2n) is 9.67. The summed E-state index contributed by atoms with van der Waals surface area (Å²) in [6.07, 6.45) is 1.36. The van der Waals surface area contributed by atoms with Crippen LogP contribution in [0.1, 0.15) is 50.0 Å². The second-order valence-corrected chi connectivity index (χ2v) is 11.5. The van der Waals surface area contributed by atoms with E-state index in [0.29, 0.717) is 22.6 Å². The smallest absolute Gasteiger partial charge is 0.255 e. The number of carbonyl (C=O) groups is 2. The van der Waals surface area contributed by atoms with Crippen molar-refractivity contribution in [3.05, 3.63) is 90.0 Å². The van der Waals surface area contributed by atoms with E-state index in [4.69, 9.17) is 0 Å². The molecule has 0 radical (unpaired) electrons. The number of nitrogens with one attached hydrogen (secondary N) is 2. The summed E-state index contributed by atoms with van der Waals surface area (Å²) in [5.41, 5.74) is 3.02.